The molecule has 2 aromatic carbocycles. The molecular formula is C18H20ClNO2S. The molecule has 0 atom stereocenters. The van der Waals surface area contributed by atoms with Crippen molar-refractivity contribution in [3.05, 3.63) is 64.7 Å². The molecular weight excluding hydrogens is 330 g/mol. The van der Waals surface area contributed by atoms with Gasteiger partial charge >= 0.3 is 0 Å². The Bertz CT molecular complexity index is 614. The van der Waals surface area contributed by atoms with E-state index in [0.29, 0.717) is 18.9 Å². The van der Waals surface area contributed by atoms with Crippen molar-refractivity contribution >= 4 is 29.3 Å². The van der Waals surface area contributed by atoms with Gasteiger partial charge in [0, 0.05) is 17.3 Å². The summed E-state index contributed by atoms with van der Waals surface area (Å²) in [6.45, 7) is 3.14. The fraction of sp³-hybridized carbons (Fsp3) is 0.278. The lowest BCUT2D eigenvalue weighted by molar-refractivity contribution is -0.118. The van der Waals surface area contributed by atoms with Crippen molar-refractivity contribution in [2.24, 2.45) is 0 Å². The predicted octanol–water partition coefficient (Wildman–Crippen LogP) is 4.29. The molecule has 0 bridgehead atoms. The van der Waals surface area contributed by atoms with Gasteiger partial charge in [-0.2, -0.15) is 0 Å². The number of benzene rings is 2. The van der Waals surface area contributed by atoms with Gasteiger partial charge in [-0.05, 0) is 42.3 Å². The zero-order chi connectivity index (χ0) is 16.5. The lowest BCUT2D eigenvalue weighted by Crippen LogP contribution is -2.24. The quantitative estimate of drug-likeness (QED) is 0.772. The van der Waals surface area contributed by atoms with Crippen LogP contribution in [0.25, 0.3) is 0 Å². The maximum atomic E-state index is 11.9. The molecule has 5 heteroatoms. The van der Waals surface area contributed by atoms with Crippen molar-refractivity contribution in [2.45, 2.75) is 19.2 Å². The third-order valence-corrected chi connectivity index (χ3v) is 4.39. The Kier molecular flexibility index (Phi) is 7.30. The second-order valence-electron chi connectivity index (χ2n) is 4.97. The van der Waals surface area contributed by atoms with Crippen LogP contribution in [-0.2, 0) is 17.1 Å². The van der Waals surface area contributed by atoms with E-state index in [-0.39, 0.29) is 5.91 Å². The van der Waals surface area contributed by atoms with Crippen LogP contribution in [0.2, 0.25) is 5.02 Å². The van der Waals surface area contributed by atoms with Crippen LogP contribution in [-0.4, -0.2) is 18.3 Å². The van der Waals surface area contributed by atoms with E-state index in [1.807, 2.05) is 55.5 Å². The van der Waals surface area contributed by atoms with Gasteiger partial charge in [-0.25, -0.2) is 0 Å². The average molecular weight is 350 g/mol. The summed E-state index contributed by atoms with van der Waals surface area (Å²) in [5.74, 6) is 2.13. The summed E-state index contributed by atoms with van der Waals surface area (Å²) in [4.78, 5) is 11.9. The summed E-state index contributed by atoms with van der Waals surface area (Å²) in [6, 6.07) is 15.5. The van der Waals surface area contributed by atoms with E-state index in [1.165, 1.54) is 5.56 Å². The molecule has 23 heavy (non-hydrogen) atoms. The molecule has 0 aromatic heterocycles. The van der Waals surface area contributed by atoms with Gasteiger partial charge in [-0.15, -0.1) is 11.8 Å². The van der Waals surface area contributed by atoms with Gasteiger partial charge in [-0.3, -0.25) is 4.79 Å². The Labute approximate surface area is 146 Å². The Balaban J connectivity index is 1.67. The zero-order valence-electron chi connectivity index (χ0n) is 13.0. The number of hydrogen-bond donors (Lipinski definition) is 1. The molecule has 1 N–H and O–H groups in total. The number of amides is 1. The maximum absolute atomic E-state index is 11.9. The summed E-state index contributed by atoms with van der Waals surface area (Å²) in [5, 5.41) is 3.65. The Morgan fingerprint density at radius 2 is 1.74 bits per heavy atom. The fourth-order valence-corrected chi connectivity index (χ4v) is 2.91. The number of halogens is 1. The second kappa shape index (κ2) is 9.48. The molecule has 0 aliphatic rings. The van der Waals surface area contributed by atoms with Crippen molar-refractivity contribution in [3.63, 3.8) is 0 Å². The summed E-state index contributed by atoms with van der Waals surface area (Å²) < 4.78 is 5.39. The number of rotatable bonds is 8. The predicted molar refractivity (Wildman–Crippen MR) is 97.1 cm³/mol. The van der Waals surface area contributed by atoms with Crippen LogP contribution in [0, 0.1) is 0 Å². The minimum atomic E-state index is 0.0397. The summed E-state index contributed by atoms with van der Waals surface area (Å²) in [5.41, 5.74) is 2.23. The smallest absolute Gasteiger partial charge is 0.230 e. The van der Waals surface area contributed by atoms with Crippen molar-refractivity contribution in [3.8, 4) is 5.75 Å². The Hall–Kier alpha value is -1.65. The second-order valence-corrected chi connectivity index (χ2v) is 6.39. The standard InChI is InChI=1S/C18H20ClNO2S/c1-2-22-17-9-5-14(6-10-17)11-20-18(21)13-23-12-15-3-7-16(19)8-4-15/h3-10H,2,11-13H2,1H3,(H,20,21). The van der Waals surface area contributed by atoms with Crippen molar-refractivity contribution in [1.29, 1.82) is 0 Å². The van der Waals surface area contributed by atoms with Gasteiger partial charge < -0.3 is 10.1 Å². The van der Waals surface area contributed by atoms with Crippen LogP contribution in [0.3, 0.4) is 0 Å². The SMILES string of the molecule is CCOc1ccc(CNC(=O)CSCc2ccc(Cl)cc2)cc1. The molecule has 0 aliphatic heterocycles. The minimum Gasteiger partial charge on any atom is -0.494 e. The minimum absolute atomic E-state index is 0.0397. The average Bonchev–Trinajstić information content (AvgIpc) is 2.56. The third-order valence-electron chi connectivity index (χ3n) is 3.14. The molecule has 0 fully saturated rings. The normalized spacial score (nSPS) is 10.3. The van der Waals surface area contributed by atoms with Crippen LogP contribution in [0.1, 0.15) is 18.1 Å². The number of nitrogens with one attached hydrogen (secondary N) is 1. The molecule has 0 unspecified atom stereocenters. The van der Waals surface area contributed by atoms with E-state index in [2.05, 4.69) is 5.32 Å². The van der Waals surface area contributed by atoms with Crippen LogP contribution < -0.4 is 10.1 Å². The molecule has 122 valence electrons. The fourth-order valence-electron chi connectivity index (χ4n) is 1.96. The first-order chi connectivity index (χ1) is 11.2. The lowest BCUT2D eigenvalue weighted by Gasteiger charge is -2.07. The van der Waals surface area contributed by atoms with Crippen molar-refractivity contribution in [2.75, 3.05) is 12.4 Å². The van der Waals surface area contributed by atoms with Gasteiger partial charge in [0.2, 0.25) is 5.91 Å². The van der Waals surface area contributed by atoms with Gasteiger partial charge in [0.25, 0.3) is 0 Å². The molecule has 3 nitrogen and oxygen atoms in total. The van der Waals surface area contributed by atoms with E-state index < -0.39 is 0 Å². The van der Waals surface area contributed by atoms with E-state index in [1.54, 1.807) is 11.8 Å². The van der Waals surface area contributed by atoms with Crippen LogP contribution in [0.4, 0.5) is 0 Å². The van der Waals surface area contributed by atoms with Gasteiger partial charge in [0.05, 0.1) is 12.4 Å². The molecule has 0 saturated carbocycles. The summed E-state index contributed by atoms with van der Waals surface area (Å²) in [7, 11) is 0. The monoisotopic (exact) mass is 349 g/mol. The van der Waals surface area contributed by atoms with E-state index >= 15 is 0 Å². The van der Waals surface area contributed by atoms with Gasteiger partial charge in [0.1, 0.15) is 5.75 Å². The first-order valence-corrected chi connectivity index (χ1v) is 9.01. The number of carbonyl (C=O) groups excluding carboxylic acids is 1. The molecule has 0 heterocycles. The molecule has 0 spiro atoms. The van der Waals surface area contributed by atoms with Crippen LogP contribution >= 0.6 is 23.4 Å². The lowest BCUT2D eigenvalue weighted by atomic mass is 10.2. The number of hydrogen-bond acceptors (Lipinski definition) is 3. The van der Waals surface area contributed by atoms with E-state index in [0.717, 1.165) is 22.1 Å². The first kappa shape index (κ1) is 17.7. The highest BCUT2D eigenvalue weighted by Gasteiger charge is 2.03. The third kappa shape index (κ3) is 6.55. The summed E-state index contributed by atoms with van der Waals surface area (Å²) in [6.07, 6.45) is 0. The number of ether oxygens (including phenoxy) is 1. The molecule has 2 aromatic rings. The topological polar surface area (TPSA) is 38.3 Å². The molecule has 0 aliphatic carbocycles. The molecule has 1 amide bonds. The van der Waals surface area contributed by atoms with Crippen molar-refractivity contribution in [1.82, 2.24) is 5.32 Å². The van der Waals surface area contributed by atoms with E-state index in [4.69, 9.17) is 16.3 Å². The summed E-state index contributed by atoms with van der Waals surface area (Å²) >= 11 is 7.43. The zero-order valence-corrected chi connectivity index (χ0v) is 14.6. The Morgan fingerprint density at radius 3 is 2.39 bits per heavy atom. The maximum Gasteiger partial charge on any atom is 0.230 e. The molecule has 0 radical (unpaired) electrons. The van der Waals surface area contributed by atoms with Gasteiger partial charge in [0.15, 0.2) is 0 Å². The van der Waals surface area contributed by atoms with Crippen LogP contribution in [0.15, 0.2) is 48.5 Å². The van der Waals surface area contributed by atoms with Crippen LogP contribution in [0.5, 0.6) is 5.75 Å². The number of carbonyl (C=O) groups is 1. The highest BCUT2D eigenvalue weighted by atomic mass is 35.5. The van der Waals surface area contributed by atoms with Gasteiger partial charge in [-0.1, -0.05) is 35.9 Å². The highest BCUT2D eigenvalue weighted by Crippen LogP contribution is 2.15. The molecule has 0 saturated heterocycles. The Morgan fingerprint density at radius 1 is 1.09 bits per heavy atom. The number of thioether (sulfide) groups is 1. The van der Waals surface area contributed by atoms with E-state index in [9.17, 15) is 4.79 Å². The first-order valence-electron chi connectivity index (χ1n) is 7.48. The van der Waals surface area contributed by atoms with Crippen molar-refractivity contribution < 1.29 is 9.53 Å². The highest BCUT2D eigenvalue weighted by molar-refractivity contribution is 7.99. The largest absolute Gasteiger partial charge is 0.494 e. The molecule has 2 rings (SSSR count).